The van der Waals surface area contributed by atoms with Crippen LogP contribution in [0.3, 0.4) is 0 Å². The Balaban J connectivity index is 1.49. The minimum absolute atomic E-state index is 0.107. The number of hydrogen-bond donors (Lipinski definition) is 0. The molecule has 0 aliphatic heterocycles. The van der Waals surface area contributed by atoms with Crippen molar-refractivity contribution < 1.29 is 0 Å². The molecule has 2 aromatic heterocycles. The van der Waals surface area contributed by atoms with Crippen LogP contribution in [0.1, 0.15) is 33.7 Å². The molecule has 0 spiro atoms. The third kappa shape index (κ3) is 4.14. The summed E-state index contributed by atoms with van der Waals surface area (Å²) in [5, 5.41) is 23.1. The minimum Gasteiger partial charge on any atom is -0.268 e. The summed E-state index contributed by atoms with van der Waals surface area (Å²) >= 11 is 0. The van der Waals surface area contributed by atoms with Crippen molar-refractivity contribution in [2.75, 3.05) is 0 Å². The lowest BCUT2D eigenvalue weighted by molar-refractivity contribution is 0.810. The molecular weight excluding hydrogens is 552 g/mol. The van der Waals surface area contributed by atoms with E-state index >= 15 is 0 Å². The van der Waals surface area contributed by atoms with Crippen LogP contribution in [0.2, 0.25) is 0 Å². The lowest BCUT2D eigenvalue weighted by atomic mass is 9.84. The molecule has 0 saturated carbocycles. The van der Waals surface area contributed by atoms with E-state index in [9.17, 15) is 15.3 Å². The van der Waals surface area contributed by atoms with Gasteiger partial charge in [-0.3, -0.25) is 9.20 Å². The molecule has 2 heterocycles. The van der Waals surface area contributed by atoms with Crippen LogP contribution in [-0.4, -0.2) is 9.38 Å². The predicted molar refractivity (Wildman–Crippen MR) is 178 cm³/mol. The summed E-state index contributed by atoms with van der Waals surface area (Å²) in [6.45, 7) is 0. The van der Waals surface area contributed by atoms with Crippen LogP contribution in [0.25, 0.3) is 49.4 Å². The third-order valence-corrected chi connectivity index (χ3v) is 8.82. The van der Waals surface area contributed by atoms with Crippen molar-refractivity contribution in [3.63, 3.8) is 0 Å². The number of nitriles is 2. The summed E-state index contributed by atoms with van der Waals surface area (Å²) in [7, 11) is 0. The zero-order valence-electron chi connectivity index (χ0n) is 24.1. The van der Waals surface area contributed by atoms with E-state index in [4.69, 9.17) is 4.98 Å². The fourth-order valence-corrected chi connectivity index (χ4v) is 6.79. The highest BCUT2D eigenvalue weighted by molar-refractivity contribution is 6.20. The van der Waals surface area contributed by atoms with Gasteiger partial charge in [-0.1, -0.05) is 97.1 Å². The van der Waals surface area contributed by atoms with Crippen LogP contribution in [0.15, 0.2) is 132 Å². The summed E-state index contributed by atoms with van der Waals surface area (Å²) in [5.74, 6) is -0.107. The van der Waals surface area contributed by atoms with Crippen LogP contribution >= 0.6 is 0 Å². The largest absolute Gasteiger partial charge is 0.268 e. The highest BCUT2D eigenvalue weighted by Crippen LogP contribution is 2.40. The molecule has 0 fully saturated rings. The molecule has 0 radical (unpaired) electrons. The normalized spacial score (nSPS) is 12.0. The number of benzene rings is 6. The van der Waals surface area contributed by atoms with Crippen LogP contribution in [0.4, 0.5) is 0 Å². The van der Waals surface area contributed by atoms with E-state index in [0.717, 1.165) is 44.0 Å². The molecule has 0 aliphatic carbocycles. The third-order valence-electron chi connectivity index (χ3n) is 8.82. The molecule has 0 bridgehead atoms. The SMILES string of the molecule is N#Cc1cc(C(Cc2ccccc2)c2ccccc2)c2nc3c4ccc(C#N)c5c(-c6ccccc6)ccc(c(=O)n3c2c1)c54. The van der Waals surface area contributed by atoms with Gasteiger partial charge in [-0.25, -0.2) is 4.98 Å². The van der Waals surface area contributed by atoms with Crippen molar-refractivity contribution in [2.45, 2.75) is 12.3 Å². The van der Waals surface area contributed by atoms with Crippen molar-refractivity contribution in [3.05, 3.63) is 166 Å². The Kier molecular flexibility index (Phi) is 6.12. The molecule has 1 atom stereocenters. The topological polar surface area (TPSA) is 81.9 Å². The summed E-state index contributed by atoms with van der Waals surface area (Å²) in [6.07, 6.45) is 0.701. The molecule has 8 aromatic rings. The van der Waals surface area contributed by atoms with Gasteiger partial charge in [-0.2, -0.15) is 10.5 Å². The molecule has 5 heteroatoms. The molecule has 1 unspecified atom stereocenters. The molecule has 0 aliphatic rings. The van der Waals surface area contributed by atoms with Gasteiger partial charge in [0.05, 0.1) is 34.3 Å². The fourth-order valence-electron chi connectivity index (χ4n) is 6.79. The summed E-state index contributed by atoms with van der Waals surface area (Å²) in [5.41, 5.74) is 7.59. The Hall–Kier alpha value is -6.30. The molecule has 45 heavy (non-hydrogen) atoms. The smallest absolute Gasteiger partial charge is 0.264 e. The van der Waals surface area contributed by atoms with Crippen LogP contribution in [0.5, 0.6) is 0 Å². The van der Waals surface area contributed by atoms with Gasteiger partial charge in [0.15, 0.2) is 0 Å². The highest BCUT2D eigenvalue weighted by Gasteiger charge is 2.25. The second kappa shape index (κ2) is 10.5. The van der Waals surface area contributed by atoms with E-state index in [1.165, 1.54) is 0 Å². The number of nitrogens with zero attached hydrogens (tertiary/aromatic N) is 4. The maximum atomic E-state index is 14.4. The van der Waals surface area contributed by atoms with Crippen molar-refractivity contribution in [3.8, 4) is 23.3 Å². The molecule has 0 amide bonds. The van der Waals surface area contributed by atoms with Crippen molar-refractivity contribution in [2.24, 2.45) is 0 Å². The van der Waals surface area contributed by atoms with Gasteiger partial charge in [0.25, 0.3) is 5.56 Å². The highest BCUT2D eigenvalue weighted by atomic mass is 16.1. The summed E-state index contributed by atoms with van der Waals surface area (Å²) in [4.78, 5) is 19.6. The first kappa shape index (κ1) is 26.3. The van der Waals surface area contributed by atoms with Gasteiger partial charge in [0.2, 0.25) is 0 Å². The number of imidazole rings is 1. The van der Waals surface area contributed by atoms with E-state index in [1.807, 2.05) is 97.1 Å². The van der Waals surface area contributed by atoms with Gasteiger partial charge in [0.1, 0.15) is 5.65 Å². The molecule has 5 nitrogen and oxygen atoms in total. The molecule has 6 aromatic carbocycles. The Morgan fingerprint density at radius 1 is 0.711 bits per heavy atom. The Morgan fingerprint density at radius 2 is 1.40 bits per heavy atom. The van der Waals surface area contributed by atoms with Crippen LogP contribution in [0, 0.1) is 22.7 Å². The van der Waals surface area contributed by atoms with Gasteiger partial charge in [-0.05, 0) is 64.6 Å². The van der Waals surface area contributed by atoms with Gasteiger partial charge in [-0.15, -0.1) is 0 Å². The average Bonchev–Trinajstić information content (AvgIpc) is 3.50. The van der Waals surface area contributed by atoms with Crippen LogP contribution in [-0.2, 0) is 6.42 Å². The van der Waals surface area contributed by atoms with E-state index in [-0.39, 0.29) is 11.5 Å². The standard InChI is InChI=1S/C40H24N4O/c41-23-26-21-34(33(28-14-8-3-9-15-28)20-25-10-4-1-5-11-25)38-35(22-26)44-39(43-38)31-17-16-29(24-42)36-30(27-12-6-2-7-13-27)18-19-32(37(31)36)40(44)45/h1-19,21-22,33H,20H2. The zero-order valence-corrected chi connectivity index (χ0v) is 24.1. The first-order valence-electron chi connectivity index (χ1n) is 14.8. The number of aromatic nitrogens is 2. The van der Waals surface area contributed by atoms with Gasteiger partial charge in [0, 0.05) is 27.5 Å². The number of rotatable bonds is 5. The Labute approximate surface area is 258 Å². The second-order valence-electron chi connectivity index (χ2n) is 11.3. The number of hydrogen-bond acceptors (Lipinski definition) is 4. The monoisotopic (exact) mass is 576 g/mol. The van der Waals surface area contributed by atoms with Crippen LogP contribution < -0.4 is 5.56 Å². The first-order chi connectivity index (χ1) is 22.2. The lowest BCUT2D eigenvalue weighted by Gasteiger charge is -2.19. The Bertz CT molecular complexity index is 2540. The van der Waals surface area contributed by atoms with Gasteiger partial charge >= 0.3 is 0 Å². The van der Waals surface area contributed by atoms with Gasteiger partial charge < -0.3 is 0 Å². The lowest BCUT2D eigenvalue weighted by Crippen LogP contribution is -2.14. The predicted octanol–water partition coefficient (Wildman–Crippen LogP) is 8.38. The number of pyridine rings is 1. The maximum absolute atomic E-state index is 14.4. The van der Waals surface area contributed by atoms with E-state index in [0.29, 0.717) is 39.6 Å². The molecular formula is C40H24N4O. The maximum Gasteiger partial charge on any atom is 0.264 e. The summed E-state index contributed by atoms with van der Waals surface area (Å²) in [6, 6.07) is 46.3. The van der Waals surface area contributed by atoms with Crippen molar-refractivity contribution in [1.29, 1.82) is 10.5 Å². The van der Waals surface area contributed by atoms with E-state index in [1.54, 1.807) is 10.5 Å². The van der Waals surface area contributed by atoms with E-state index in [2.05, 4.69) is 36.4 Å². The zero-order chi connectivity index (χ0) is 30.5. The van der Waals surface area contributed by atoms with Crippen molar-refractivity contribution in [1.82, 2.24) is 9.38 Å². The quantitative estimate of drug-likeness (QED) is 0.206. The average molecular weight is 577 g/mol. The van der Waals surface area contributed by atoms with Crippen molar-refractivity contribution >= 4 is 38.2 Å². The molecule has 210 valence electrons. The van der Waals surface area contributed by atoms with E-state index < -0.39 is 0 Å². The minimum atomic E-state index is -0.222. The first-order valence-corrected chi connectivity index (χ1v) is 14.8. The fraction of sp³-hybridized carbons (Fsp3) is 0.0500. The molecule has 0 N–H and O–H groups in total. The second-order valence-corrected chi connectivity index (χ2v) is 11.3. The molecule has 8 rings (SSSR count). The number of fused-ring (bicyclic) bond motifs is 4. The Morgan fingerprint density at radius 3 is 2.11 bits per heavy atom. The summed E-state index contributed by atoms with van der Waals surface area (Å²) < 4.78 is 1.65. The molecule has 0 saturated heterocycles.